The van der Waals surface area contributed by atoms with Crippen LogP contribution in [0.2, 0.25) is 0 Å². The van der Waals surface area contributed by atoms with Gasteiger partial charge in [-0.25, -0.2) is 0 Å². The van der Waals surface area contributed by atoms with Crippen molar-refractivity contribution < 1.29 is 14.4 Å². The van der Waals surface area contributed by atoms with Crippen molar-refractivity contribution in [3.63, 3.8) is 0 Å². The predicted molar refractivity (Wildman–Crippen MR) is 56.0 cm³/mol. The average molecular weight is 223 g/mol. The molecule has 0 saturated carbocycles. The summed E-state index contributed by atoms with van der Waals surface area (Å²) in [4.78, 5) is 27.8. The van der Waals surface area contributed by atoms with Gasteiger partial charge in [-0.2, -0.15) is 0 Å². The molecule has 2 rings (SSSR count). The summed E-state index contributed by atoms with van der Waals surface area (Å²) in [5, 5.41) is -0.0440. The zero-order valence-electron chi connectivity index (χ0n) is 8.04. The lowest BCUT2D eigenvalue weighted by molar-refractivity contribution is -0.156. The van der Waals surface area contributed by atoms with Gasteiger partial charge in [0.05, 0.1) is 7.11 Å². The first-order valence-corrected chi connectivity index (χ1v) is 5.25. The number of benzene rings is 1. The molecular weight excluding hydrogens is 214 g/mol. The molecule has 1 aliphatic heterocycles. The number of hydroxylamine groups is 2. The molecule has 78 valence electrons. The van der Waals surface area contributed by atoms with Crippen LogP contribution in [0.25, 0.3) is 0 Å². The molecule has 1 unspecified atom stereocenters. The minimum Gasteiger partial charge on any atom is -0.270 e. The number of thioether (sulfide) groups is 1. The van der Waals surface area contributed by atoms with Crippen LogP contribution in [-0.2, 0) is 9.63 Å². The van der Waals surface area contributed by atoms with Crippen LogP contribution < -0.4 is 0 Å². The largest absolute Gasteiger partial charge is 0.313 e. The molecule has 0 aliphatic carbocycles. The van der Waals surface area contributed by atoms with Gasteiger partial charge in [0.15, 0.2) is 0 Å². The van der Waals surface area contributed by atoms with Crippen LogP contribution in [0, 0.1) is 0 Å². The third kappa shape index (κ3) is 1.75. The maximum absolute atomic E-state index is 11.7. The quantitative estimate of drug-likeness (QED) is 0.769. The van der Waals surface area contributed by atoms with E-state index in [9.17, 15) is 9.59 Å². The average Bonchev–Trinajstić information content (AvgIpc) is 2.55. The zero-order chi connectivity index (χ0) is 10.8. The van der Waals surface area contributed by atoms with Crippen molar-refractivity contribution >= 4 is 22.9 Å². The monoisotopic (exact) mass is 223 g/mol. The molecule has 1 fully saturated rings. The normalized spacial score (nSPS) is 21.1. The maximum atomic E-state index is 11.7. The minimum atomic E-state index is -0.473. The highest BCUT2D eigenvalue weighted by Gasteiger charge is 2.41. The Kier molecular flexibility index (Phi) is 2.75. The lowest BCUT2D eigenvalue weighted by Crippen LogP contribution is -2.28. The van der Waals surface area contributed by atoms with Crippen LogP contribution >= 0.6 is 11.8 Å². The molecule has 5 heteroatoms. The lowest BCUT2D eigenvalue weighted by Gasteiger charge is -2.09. The molecule has 1 aliphatic rings. The fraction of sp³-hybridized carbons (Fsp3) is 0.200. The number of hydrogen-bond donors (Lipinski definition) is 0. The van der Waals surface area contributed by atoms with Crippen molar-refractivity contribution in [3.8, 4) is 0 Å². The molecule has 1 heterocycles. The highest BCUT2D eigenvalue weighted by molar-refractivity contribution is 8.14. The molecule has 1 aromatic carbocycles. The molecule has 0 spiro atoms. The van der Waals surface area contributed by atoms with E-state index in [1.54, 1.807) is 0 Å². The number of carbonyl (C=O) groups is 2. The first kappa shape index (κ1) is 10.2. The predicted octanol–water partition coefficient (Wildman–Crippen LogP) is 1.98. The fourth-order valence-electron chi connectivity index (χ4n) is 1.40. The van der Waals surface area contributed by atoms with Gasteiger partial charge in [-0.15, -0.1) is 5.06 Å². The second-order valence-corrected chi connectivity index (χ2v) is 4.05. The van der Waals surface area contributed by atoms with Crippen molar-refractivity contribution in [1.29, 1.82) is 0 Å². The van der Waals surface area contributed by atoms with E-state index in [0.29, 0.717) is 0 Å². The Morgan fingerprint density at radius 3 is 2.47 bits per heavy atom. The molecule has 1 aromatic rings. The van der Waals surface area contributed by atoms with Crippen LogP contribution in [-0.4, -0.2) is 23.3 Å². The number of nitrogens with zero attached hydrogens (tertiary/aromatic N) is 1. The third-order valence-electron chi connectivity index (χ3n) is 2.09. The lowest BCUT2D eigenvalue weighted by atomic mass is 10.1. The van der Waals surface area contributed by atoms with E-state index in [0.717, 1.165) is 22.4 Å². The van der Waals surface area contributed by atoms with Gasteiger partial charge < -0.3 is 0 Å². The van der Waals surface area contributed by atoms with E-state index in [-0.39, 0.29) is 11.1 Å². The summed E-state index contributed by atoms with van der Waals surface area (Å²) in [7, 11) is 1.31. The first-order chi connectivity index (χ1) is 7.24. The Morgan fingerprint density at radius 2 is 1.93 bits per heavy atom. The second kappa shape index (κ2) is 4.04. The van der Waals surface area contributed by atoms with E-state index >= 15 is 0 Å². The van der Waals surface area contributed by atoms with Gasteiger partial charge >= 0.3 is 5.24 Å². The van der Waals surface area contributed by atoms with Crippen LogP contribution in [0.1, 0.15) is 10.8 Å². The second-order valence-electron chi connectivity index (χ2n) is 2.99. The van der Waals surface area contributed by atoms with E-state index < -0.39 is 5.25 Å². The van der Waals surface area contributed by atoms with Gasteiger partial charge in [0.2, 0.25) is 0 Å². The highest BCUT2D eigenvalue weighted by atomic mass is 32.2. The van der Waals surface area contributed by atoms with Gasteiger partial charge in [-0.1, -0.05) is 30.3 Å². The van der Waals surface area contributed by atoms with Crippen LogP contribution in [0.5, 0.6) is 0 Å². The Labute approximate surface area is 91.2 Å². The van der Waals surface area contributed by atoms with Crippen molar-refractivity contribution in [2.24, 2.45) is 0 Å². The molecule has 1 atom stereocenters. The molecule has 0 radical (unpaired) electrons. The molecule has 15 heavy (non-hydrogen) atoms. The summed E-state index contributed by atoms with van der Waals surface area (Å²) in [5.41, 5.74) is 0.820. The van der Waals surface area contributed by atoms with Gasteiger partial charge in [-0.05, 0) is 17.3 Å². The molecule has 1 saturated heterocycles. The number of hydrogen-bond acceptors (Lipinski definition) is 4. The molecule has 0 aromatic heterocycles. The zero-order valence-corrected chi connectivity index (χ0v) is 8.86. The highest BCUT2D eigenvalue weighted by Crippen LogP contribution is 2.38. The first-order valence-electron chi connectivity index (χ1n) is 4.37. The standard InChI is InChI=1S/C10H9NO3S/c1-14-11-9(12)8(15-10(11)13)7-5-3-2-4-6-7/h2-6,8H,1H3. The summed E-state index contributed by atoms with van der Waals surface area (Å²) in [6, 6.07) is 9.18. The Hall–Kier alpha value is -1.33. The van der Waals surface area contributed by atoms with Crippen LogP contribution in [0.4, 0.5) is 4.79 Å². The number of amides is 2. The van der Waals surface area contributed by atoms with Crippen molar-refractivity contribution in [3.05, 3.63) is 35.9 Å². The molecule has 2 amide bonds. The van der Waals surface area contributed by atoms with E-state index in [2.05, 4.69) is 0 Å². The van der Waals surface area contributed by atoms with Crippen LogP contribution in [0.3, 0.4) is 0 Å². The Balaban J connectivity index is 2.27. The van der Waals surface area contributed by atoms with E-state index in [1.165, 1.54) is 7.11 Å². The maximum Gasteiger partial charge on any atom is 0.313 e. The van der Waals surface area contributed by atoms with E-state index in [1.807, 2.05) is 30.3 Å². The third-order valence-corrected chi connectivity index (χ3v) is 3.17. The van der Waals surface area contributed by atoms with Crippen LogP contribution in [0.15, 0.2) is 30.3 Å². The molecule has 0 N–H and O–H groups in total. The Morgan fingerprint density at radius 1 is 1.27 bits per heavy atom. The summed E-state index contributed by atoms with van der Waals surface area (Å²) < 4.78 is 0. The van der Waals surface area contributed by atoms with Gasteiger partial charge in [-0.3, -0.25) is 14.4 Å². The Bertz CT molecular complexity index is 393. The molecule has 0 bridgehead atoms. The van der Waals surface area contributed by atoms with Crippen molar-refractivity contribution in [2.75, 3.05) is 7.11 Å². The molecule has 4 nitrogen and oxygen atoms in total. The number of carbonyl (C=O) groups excluding carboxylic acids is 2. The topological polar surface area (TPSA) is 46.6 Å². The summed E-state index contributed by atoms with van der Waals surface area (Å²) in [5.74, 6) is -0.321. The van der Waals surface area contributed by atoms with Crippen molar-refractivity contribution in [1.82, 2.24) is 5.06 Å². The number of imide groups is 1. The smallest absolute Gasteiger partial charge is 0.270 e. The fourth-order valence-corrected chi connectivity index (χ4v) is 2.35. The minimum absolute atomic E-state index is 0.321. The summed E-state index contributed by atoms with van der Waals surface area (Å²) in [6.45, 7) is 0. The summed E-state index contributed by atoms with van der Waals surface area (Å²) >= 11 is 0.972. The number of rotatable bonds is 2. The molecular formula is C10H9NO3S. The van der Waals surface area contributed by atoms with Crippen molar-refractivity contribution in [2.45, 2.75) is 5.25 Å². The SMILES string of the molecule is CON1C(=O)SC(c2ccccc2)C1=O. The van der Waals surface area contributed by atoms with Gasteiger partial charge in [0.25, 0.3) is 5.91 Å². The van der Waals surface area contributed by atoms with E-state index in [4.69, 9.17) is 4.84 Å². The van der Waals surface area contributed by atoms with Gasteiger partial charge in [0.1, 0.15) is 5.25 Å². The van der Waals surface area contributed by atoms with Gasteiger partial charge in [0, 0.05) is 0 Å². The summed E-state index contributed by atoms with van der Waals surface area (Å²) in [6.07, 6.45) is 0.